The molecule has 0 N–H and O–H groups in total. The van der Waals surface area contributed by atoms with Gasteiger partial charge in [-0.05, 0) is 46.4 Å². The molecule has 0 aromatic heterocycles. The number of carbonyl (C=O) groups is 4. The average Bonchev–Trinajstić information content (AvgIpc) is 3.56. The largest absolute Gasteiger partial charge is 0.274 e. The maximum absolute atomic E-state index is 14.7. The van der Waals surface area contributed by atoms with E-state index in [0.717, 1.165) is 38.3 Å². The zero-order valence-corrected chi connectivity index (χ0v) is 25.9. The normalized spacial score (nSPS) is 28.9. The van der Waals surface area contributed by atoms with Gasteiger partial charge in [0.05, 0.1) is 35.0 Å². The van der Waals surface area contributed by atoms with Crippen LogP contribution >= 0.6 is 0 Å². The molecule has 2 heterocycles. The van der Waals surface area contributed by atoms with E-state index in [1.54, 1.807) is 0 Å². The third-order valence-corrected chi connectivity index (χ3v) is 11.6. The molecule has 232 valence electrons. The zero-order valence-electron chi connectivity index (χ0n) is 25.9. The van der Waals surface area contributed by atoms with Crippen LogP contribution in [0.3, 0.4) is 0 Å². The lowest BCUT2D eigenvalue weighted by Crippen LogP contribution is -2.51. The van der Waals surface area contributed by atoms with E-state index in [1.165, 1.54) is 9.80 Å². The van der Waals surface area contributed by atoms with Gasteiger partial charge in [0.15, 0.2) is 0 Å². The Hall–Kier alpha value is -5.62. The molecule has 6 heteroatoms. The van der Waals surface area contributed by atoms with Crippen molar-refractivity contribution in [3.63, 3.8) is 0 Å². The van der Waals surface area contributed by atoms with Crippen molar-refractivity contribution in [2.24, 2.45) is 41.4 Å². The predicted octanol–water partition coefficient (Wildman–Crippen LogP) is 7.19. The highest BCUT2D eigenvalue weighted by molar-refractivity contribution is 6.27. The molecule has 2 saturated heterocycles. The SMILES string of the molecule is O=C1[C@H]2[C@@H]3C=C[C@H](C4=C(c5ccccc5)C[C@@H]5C(=O)N(c6cccc7ccccc67)C(=O)[C@H]5[C@H]43)[C@H]2C(=O)N1c1cccc2ccccc12. The minimum Gasteiger partial charge on any atom is -0.274 e. The van der Waals surface area contributed by atoms with Crippen LogP contribution in [-0.2, 0) is 19.2 Å². The molecule has 7 atom stereocenters. The Morgan fingerprint density at radius 1 is 0.479 bits per heavy atom. The summed E-state index contributed by atoms with van der Waals surface area (Å²) in [6.07, 6.45) is 4.58. The first kappa shape index (κ1) is 27.5. The Balaban J connectivity index is 1.14. The van der Waals surface area contributed by atoms with Crippen molar-refractivity contribution in [2.45, 2.75) is 6.42 Å². The number of rotatable bonds is 3. The third-order valence-electron chi connectivity index (χ3n) is 11.6. The lowest BCUT2D eigenvalue weighted by molar-refractivity contribution is -0.129. The van der Waals surface area contributed by atoms with E-state index < -0.39 is 23.7 Å². The van der Waals surface area contributed by atoms with E-state index in [1.807, 2.05) is 103 Å². The van der Waals surface area contributed by atoms with Crippen molar-refractivity contribution in [3.8, 4) is 0 Å². The zero-order chi connectivity index (χ0) is 32.3. The number of carbonyl (C=O) groups excluding carboxylic acids is 4. The van der Waals surface area contributed by atoms with Gasteiger partial charge in [0, 0.05) is 22.6 Å². The molecule has 11 rings (SSSR count). The molecular formula is C42H30N2O4. The molecule has 2 bridgehead atoms. The number of allylic oxidation sites excluding steroid dienone is 4. The van der Waals surface area contributed by atoms with Crippen molar-refractivity contribution in [1.29, 1.82) is 0 Å². The summed E-state index contributed by atoms with van der Waals surface area (Å²) in [6, 6.07) is 37.1. The average molecular weight is 627 g/mol. The van der Waals surface area contributed by atoms with E-state index in [0.29, 0.717) is 17.8 Å². The van der Waals surface area contributed by atoms with E-state index in [2.05, 4.69) is 24.3 Å². The summed E-state index contributed by atoms with van der Waals surface area (Å²) < 4.78 is 0. The number of hydrogen-bond acceptors (Lipinski definition) is 4. The van der Waals surface area contributed by atoms with Crippen LogP contribution < -0.4 is 9.80 Å². The van der Waals surface area contributed by atoms with Crippen molar-refractivity contribution in [2.75, 3.05) is 9.80 Å². The van der Waals surface area contributed by atoms with Crippen LogP contribution in [-0.4, -0.2) is 23.6 Å². The van der Waals surface area contributed by atoms with Crippen LogP contribution in [0.5, 0.6) is 0 Å². The molecule has 4 aliphatic carbocycles. The lowest BCUT2D eigenvalue weighted by Gasteiger charge is -2.51. The maximum atomic E-state index is 14.7. The fraction of sp³-hybridized carbons (Fsp3) is 0.190. The smallest absolute Gasteiger partial charge is 0.238 e. The summed E-state index contributed by atoms with van der Waals surface area (Å²) in [4.78, 5) is 61.2. The van der Waals surface area contributed by atoms with E-state index in [-0.39, 0.29) is 41.4 Å². The Morgan fingerprint density at radius 3 is 1.69 bits per heavy atom. The van der Waals surface area contributed by atoms with Gasteiger partial charge < -0.3 is 0 Å². The van der Waals surface area contributed by atoms with Gasteiger partial charge in [-0.3, -0.25) is 19.2 Å². The second-order valence-electron chi connectivity index (χ2n) is 13.7. The van der Waals surface area contributed by atoms with E-state index in [9.17, 15) is 19.2 Å². The fourth-order valence-electron chi connectivity index (χ4n) is 9.80. The van der Waals surface area contributed by atoms with E-state index in [4.69, 9.17) is 0 Å². The first-order chi connectivity index (χ1) is 23.5. The summed E-state index contributed by atoms with van der Waals surface area (Å²) in [7, 11) is 0. The molecule has 4 amide bonds. The third kappa shape index (κ3) is 3.52. The highest BCUT2D eigenvalue weighted by atomic mass is 16.2. The number of nitrogens with zero attached hydrogens (tertiary/aromatic N) is 2. The van der Waals surface area contributed by atoms with E-state index >= 15 is 0 Å². The maximum Gasteiger partial charge on any atom is 0.238 e. The van der Waals surface area contributed by atoms with Crippen molar-refractivity contribution < 1.29 is 19.2 Å². The molecule has 0 spiro atoms. The monoisotopic (exact) mass is 626 g/mol. The first-order valence-corrected chi connectivity index (χ1v) is 16.7. The summed E-state index contributed by atoms with van der Waals surface area (Å²) in [6.45, 7) is 0. The van der Waals surface area contributed by atoms with Crippen molar-refractivity contribution >= 4 is 62.1 Å². The molecule has 5 aromatic rings. The molecule has 6 aliphatic rings. The van der Waals surface area contributed by atoms with Gasteiger partial charge in [-0.15, -0.1) is 0 Å². The Labute approximate surface area is 277 Å². The quantitative estimate of drug-likeness (QED) is 0.157. The van der Waals surface area contributed by atoms with Crippen LogP contribution in [0.1, 0.15) is 12.0 Å². The van der Waals surface area contributed by atoms with Crippen molar-refractivity contribution in [3.05, 3.63) is 139 Å². The Kier molecular flexibility index (Phi) is 5.69. The summed E-state index contributed by atoms with van der Waals surface area (Å²) >= 11 is 0. The molecule has 5 aromatic carbocycles. The highest BCUT2D eigenvalue weighted by Crippen LogP contribution is 2.63. The van der Waals surface area contributed by atoms with Crippen LogP contribution in [0.25, 0.3) is 27.1 Å². The number of benzene rings is 5. The number of hydrogen-bond donors (Lipinski definition) is 0. The fourth-order valence-corrected chi connectivity index (χ4v) is 9.80. The number of fused-ring (bicyclic) bond motifs is 3. The number of amides is 4. The van der Waals surface area contributed by atoms with Gasteiger partial charge in [-0.2, -0.15) is 0 Å². The second-order valence-corrected chi connectivity index (χ2v) is 13.7. The van der Waals surface area contributed by atoms with Crippen LogP contribution in [0.4, 0.5) is 11.4 Å². The topological polar surface area (TPSA) is 74.8 Å². The van der Waals surface area contributed by atoms with Gasteiger partial charge in [-0.25, -0.2) is 9.80 Å². The molecular weight excluding hydrogens is 596 g/mol. The summed E-state index contributed by atoms with van der Waals surface area (Å²) in [5.41, 5.74) is 4.29. The van der Waals surface area contributed by atoms with Crippen LogP contribution in [0, 0.1) is 41.4 Å². The molecule has 2 aliphatic heterocycles. The van der Waals surface area contributed by atoms with Gasteiger partial charge in [0.2, 0.25) is 23.6 Å². The summed E-state index contributed by atoms with van der Waals surface area (Å²) in [5.74, 6) is -4.25. The molecule has 6 nitrogen and oxygen atoms in total. The molecule has 3 fully saturated rings. The molecule has 48 heavy (non-hydrogen) atoms. The van der Waals surface area contributed by atoms with Crippen molar-refractivity contribution in [1.82, 2.24) is 0 Å². The van der Waals surface area contributed by atoms with Crippen LogP contribution in [0.2, 0.25) is 0 Å². The Bertz CT molecular complexity index is 2310. The Morgan fingerprint density at radius 2 is 1.02 bits per heavy atom. The second kappa shape index (κ2) is 9.94. The summed E-state index contributed by atoms with van der Waals surface area (Å²) in [5, 5.41) is 3.62. The lowest BCUT2D eigenvalue weighted by atomic mass is 9.49. The molecule has 0 unspecified atom stereocenters. The standard InChI is InChI=1S/C42H30N2O4/c45-39-31-22-30(25-10-2-1-3-11-25)34-28-20-21-29(35(34)38(31)42(48)43(39)32-18-8-14-23-12-4-6-16-26(23)32)37-36(28)40(46)44(41(37)47)33-19-9-15-24-13-5-7-17-27(24)33/h1-21,28-29,31,35-38H,22H2/t28-,29-,31+,35+,36-,37+,38-/m1/s1. The number of imide groups is 2. The minimum atomic E-state index is -0.619. The first-order valence-electron chi connectivity index (χ1n) is 16.7. The minimum absolute atomic E-state index is 0.188. The van der Waals surface area contributed by atoms with Crippen LogP contribution in [0.15, 0.2) is 133 Å². The molecule has 1 saturated carbocycles. The number of anilines is 2. The van der Waals surface area contributed by atoms with Gasteiger partial charge >= 0.3 is 0 Å². The predicted molar refractivity (Wildman–Crippen MR) is 184 cm³/mol. The van der Waals surface area contributed by atoms with Gasteiger partial charge in [-0.1, -0.05) is 121 Å². The highest BCUT2D eigenvalue weighted by Gasteiger charge is 2.67. The van der Waals surface area contributed by atoms with Gasteiger partial charge in [0.25, 0.3) is 0 Å². The molecule has 0 radical (unpaired) electrons. The van der Waals surface area contributed by atoms with Gasteiger partial charge in [0.1, 0.15) is 0 Å².